The minimum Gasteiger partial charge on any atom is -0.497 e. The lowest BCUT2D eigenvalue weighted by Gasteiger charge is -2.38. The maximum Gasteiger partial charge on any atom is 0.416 e. The molecule has 1 aliphatic rings. The number of ether oxygens (including phenoxy) is 1. The topological polar surface area (TPSA) is 32.8 Å². The van der Waals surface area contributed by atoms with E-state index in [1.807, 2.05) is 60.4 Å². The van der Waals surface area contributed by atoms with E-state index in [-0.39, 0.29) is 11.9 Å². The highest BCUT2D eigenvalue weighted by molar-refractivity contribution is 6.06. The third-order valence-corrected chi connectivity index (χ3v) is 6.45. The smallest absolute Gasteiger partial charge is 0.416 e. The van der Waals surface area contributed by atoms with Crippen LogP contribution in [0.4, 0.5) is 18.9 Å². The number of hydrogen-bond acceptors (Lipinski definition) is 3. The molecule has 0 aromatic heterocycles. The van der Waals surface area contributed by atoms with E-state index in [0.29, 0.717) is 36.5 Å². The molecule has 0 radical (unpaired) electrons. The van der Waals surface area contributed by atoms with E-state index in [2.05, 4.69) is 4.90 Å². The number of likely N-dealkylation sites (tertiary alicyclic amines) is 1. The van der Waals surface area contributed by atoms with Crippen molar-refractivity contribution in [2.75, 3.05) is 25.1 Å². The summed E-state index contributed by atoms with van der Waals surface area (Å²) in [6, 6.07) is 20.5. The first-order valence-corrected chi connectivity index (χ1v) is 11.7. The Morgan fingerprint density at radius 2 is 1.66 bits per heavy atom. The van der Waals surface area contributed by atoms with Crippen LogP contribution in [0.25, 0.3) is 0 Å². The van der Waals surface area contributed by atoms with Crippen molar-refractivity contribution < 1.29 is 22.7 Å². The molecule has 0 N–H and O–H groups in total. The molecule has 3 aromatic rings. The standard InChI is InChI=1S/C28H29F3N2O2/c1-20-6-8-22(9-7-20)27(34)33(24-10-12-26(35-2)13-11-24)25-14-16-32(17-15-25)19-21-4-3-5-23(18-21)28(29,30)31/h3-13,18,25H,14-17,19H2,1-2H3. The summed E-state index contributed by atoms with van der Waals surface area (Å²) in [6.07, 6.45) is -2.90. The number of halogens is 3. The van der Waals surface area contributed by atoms with Gasteiger partial charge in [-0.15, -0.1) is 0 Å². The van der Waals surface area contributed by atoms with E-state index >= 15 is 0 Å². The Balaban J connectivity index is 1.50. The van der Waals surface area contributed by atoms with Gasteiger partial charge in [0.1, 0.15) is 5.75 Å². The van der Waals surface area contributed by atoms with Crippen LogP contribution < -0.4 is 9.64 Å². The van der Waals surface area contributed by atoms with Gasteiger partial charge in [0.25, 0.3) is 5.91 Å². The molecule has 0 bridgehead atoms. The molecule has 4 nitrogen and oxygen atoms in total. The van der Waals surface area contributed by atoms with Crippen LogP contribution in [0, 0.1) is 6.92 Å². The third-order valence-electron chi connectivity index (χ3n) is 6.45. The fourth-order valence-corrected chi connectivity index (χ4v) is 4.51. The predicted molar refractivity (Wildman–Crippen MR) is 131 cm³/mol. The molecule has 1 fully saturated rings. The SMILES string of the molecule is COc1ccc(N(C(=O)c2ccc(C)cc2)C2CCN(Cc3cccc(C(F)(F)F)c3)CC2)cc1. The minimum atomic E-state index is -4.35. The molecule has 1 saturated heterocycles. The van der Waals surface area contributed by atoms with E-state index in [1.165, 1.54) is 12.1 Å². The van der Waals surface area contributed by atoms with E-state index in [0.717, 1.165) is 30.2 Å². The number of methoxy groups -OCH3 is 1. The number of amides is 1. The molecule has 4 rings (SSSR count). The summed E-state index contributed by atoms with van der Waals surface area (Å²) in [6.45, 7) is 3.81. The first-order chi connectivity index (χ1) is 16.7. The van der Waals surface area contributed by atoms with Gasteiger partial charge in [0.15, 0.2) is 0 Å². The van der Waals surface area contributed by atoms with E-state index in [4.69, 9.17) is 4.74 Å². The van der Waals surface area contributed by atoms with Crippen molar-refractivity contribution in [2.24, 2.45) is 0 Å². The largest absolute Gasteiger partial charge is 0.497 e. The van der Waals surface area contributed by atoms with Crippen molar-refractivity contribution in [1.82, 2.24) is 4.90 Å². The summed E-state index contributed by atoms with van der Waals surface area (Å²) in [5.41, 5.74) is 2.52. The van der Waals surface area contributed by atoms with Gasteiger partial charge in [-0.3, -0.25) is 9.69 Å². The molecule has 1 heterocycles. The molecular weight excluding hydrogens is 453 g/mol. The lowest BCUT2D eigenvalue weighted by molar-refractivity contribution is -0.137. The Morgan fingerprint density at radius 3 is 2.26 bits per heavy atom. The van der Waals surface area contributed by atoms with Crippen molar-refractivity contribution in [2.45, 2.75) is 38.5 Å². The normalized spacial score (nSPS) is 15.1. The lowest BCUT2D eigenvalue weighted by atomic mass is 9.99. The number of rotatable bonds is 6. The van der Waals surface area contributed by atoms with Crippen molar-refractivity contribution in [3.63, 3.8) is 0 Å². The first kappa shape index (κ1) is 24.8. The van der Waals surface area contributed by atoms with Gasteiger partial charge in [-0.25, -0.2) is 0 Å². The van der Waals surface area contributed by atoms with Crippen molar-refractivity contribution in [3.8, 4) is 5.75 Å². The molecule has 1 amide bonds. The number of hydrogen-bond donors (Lipinski definition) is 0. The van der Waals surface area contributed by atoms with E-state index < -0.39 is 11.7 Å². The first-order valence-electron chi connectivity index (χ1n) is 11.7. The molecule has 1 aliphatic heterocycles. The van der Waals surface area contributed by atoms with E-state index in [9.17, 15) is 18.0 Å². The number of piperidine rings is 1. The van der Waals surface area contributed by atoms with Gasteiger partial charge in [0, 0.05) is 36.9 Å². The van der Waals surface area contributed by atoms with Crippen LogP contribution in [0.1, 0.15) is 39.9 Å². The molecule has 35 heavy (non-hydrogen) atoms. The maximum atomic E-state index is 13.6. The van der Waals surface area contributed by atoms with E-state index in [1.54, 1.807) is 13.2 Å². The van der Waals surface area contributed by atoms with Crippen LogP contribution in [0.3, 0.4) is 0 Å². The van der Waals surface area contributed by atoms with Gasteiger partial charge in [0.05, 0.1) is 12.7 Å². The highest BCUT2D eigenvalue weighted by atomic mass is 19.4. The highest BCUT2D eigenvalue weighted by Crippen LogP contribution is 2.31. The number of aryl methyl sites for hydroxylation is 1. The highest BCUT2D eigenvalue weighted by Gasteiger charge is 2.32. The third kappa shape index (κ3) is 6.03. The molecule has 0 spiro atoms. The summed E-state index contributed by atoms with van der Waals surface area (Å²) in [5.74, 6) is 0.652. The zero-order valence-corrected chi connectivity index (χ0v) is 19.9. The predicted octanol–water partition coefficient (Wildman–Crippen LogP) is 6.33. The van der Waals surface area contributed by atoms with Crippen LogP contribution in [0.15, 0.2) is 72.8 Å². The molecule has 0 unspecified atom stereocenters. The Bertz CT molecular complexity index is 1140. The van der Waals surface area contributed by atoms with Crippen molar-refractivity contribution in [3.05, 3.63) is 95.1 Å². The van der Waals surface area contributed by atoms with Crippen molar-refractivity contribution >= 4 is 11.6 Å². The van der Waals surface area contributed by atoms with Crippen LogP contribution >= 0.6 is 0 Å². The minimum absolute atomic E-state index is 0.0186. The van der Waals surface area contributed by atoms with Gasteiger partial charge in [-0.2, -0.15) is 13.2 Å². The Hall–Kier alpha value is -3.32. The molecule has 0 aliphatic carbocycles. The summed E-state index contributed by atoms with van der Waals surface area (Å²) >= 11 is 0. The number of carbonyl (C=O) groups excluding carboxylic acids is 1. The van der Waals surface area contributed by atoms with Crippen LogP contribution in [0.2, 0.25) is 0 Å². The Labute approximate surface area is 203 Å². The molecule has 184 valence electrons. The van der Waals surface area contributed by atoms with Gasteiger partial charge in [0.2, 0.25) is 0 Å². The molecule has 7 heteroatoms. The second-order valence-electron chi connectivity index (χ2n) is 8.94. The fraction of sp³-hybridized carbons (Fsp3) is 0.321. The maximum absolute atomic E-state index is 13.6. The van der Waals surface area contributed by atoms with Crippen LogP contribution in [-0.4, -0.2) is 37.0 Å². The van der Waals surface area contributed by atoms with Crippen LogP contribution in [0.5, 0.6) is 5.75 Å². The summed E-state index contributed by atoms with van der Waals surface area (Å²) in [5, 5.41) is 0. The zero-order valence-electron chi connectivity index (χ0n) is 19.9. The Kier molecular flexibility index (Phi) is 7.45. The number of carbonyl (C=O) groups is 1. The lowest BCUT2D eigenvalue weighted by Crippen LogP contribution is -2.47. The molecule has 0 saturated carbocycles. The molecule has 0 atom stereocenters. The van der Waals surface area contributed by atoms with Gasteiger partial charge in [-0.05, 0) is 67.8 Å². The number of alkyl halides is 3. The number of benzene rings is 3. The Morgan fingerprint density at radius 1 is 1.00 bits per heavy atom. The quantitative estimate of drug-likeness (QED) is 0.411. The second-order valence-corrected chi connectivity index (χ2v) is 8.94. The number of anilines is 1. The monoisotopic (exact) mass is 482 g/mol. The number of nitrogens with zero attached hydrogens (tertiary/aromatic N) is 2. The zero-order chi connectivity index (χ0) is 25.0. The van der Waals surface area contributed by atoms with Crippen LogP contribution in [-0.2, 0) is 12.7 Å². The average molecular weight is 483 g/mol. The molecule has 3 aromatic carbocycles. The average Bonchev–Trinajstić information content (AvgIpc) is 2.86. The molecular formula is C28H29F3N2O2. The summed E-state index contributed by atoms with van der Waals surface area (Å²) < 4.78 is 44.5. The fourth-order valence-electron chi connectivity index (χ4n) is 4.51. The van der Waals surface area contributed by atoms with Gasteiger partial charge < -0.3 is 9.64 Å². The van der Waals surface area contributed by atoms with Crippen molar-refractivity contribution in [1.29, 1.82) is 0 Å². The summed E-state index contributed by atoms with van der Waals surface area (Å²) in [7, 11) is 1.60. The van der Waals surface area contributed by atoms with Gasteiger partial charge in [-0.1, -0.05) is 35.9 Å². The van der Waals surface area contributed by atoms with Gasteiger partial charge >= 0.3 is 6.18 Å². The summed E-state index contributed by atoms with van der Waals surface area (Å²) in [4.78, 5) is 17.6. The second kappa shape index (κ2) is 10.5.